The Kier molecular flexibility index (Phi) is 7.12. The Bertz CT molecular complexity index is 1310. The zero-order valence-electron chi connectivity index (χ0n) is 18.2. The Labute approximate surface area is 186 Å². The number of anilines is 3. The molecule has 15 heteroatoms. The number of nitrogens with two attached hydrogens (primary N) is 2. The summed E-state index contributed by atoms with van der Waals surface area (Å²) in [5.41, 5.74) is 10.2. The Balaban J connectivity index is 1.72. The third-order valence-electron chi connectivity index (χ3n) is 4.79. The quantitative estimate of drug-likeness (QED) is 0.266. The highest BCUT2D eigenvalue weighted by atomic mass is 16.2. The third-order valence-corrected chi connectivity index (χ3v) is 4.79. The maximum absolute atomic E-state index is 12.5. The Morgan fingerprint density at radius 2 is 1.64 bits per heavy atom. The molecule has 33 heavy (non-hydrogen) atoms. The van der Waals surface area contributed by atoms with Crippen molar-refractivity contribution < 1.29 is 9.59 Å². The molecule has 3 aromatic rings. The topological polar surface area (TPSA) is 211 Å². The molecule has 0 aliphatic carbocycles. The molecule has 0 unspecified atom stereocenters. The van der Waals surface area contributed by atoms with Crippen molar-refractivity contribution in [3.63, 3.8) is 0 Å². The lowest BCUT2D eigenvalue weighted by Gasteiger charge is -2.09. The van der Waals surface area contributed by atoms with Crippen LogP contribution in [0.5, 0.6) is 0 Å². The molecule has 0 saturated heterocycles. The van der Waals surface area contributed by atoms with Crippen molar-refractivity contribution in [2.45, 2.75) is 32.2 Å². The second-order valence-corrected chi connectivity index (χ2v) is 7.29. The van der Waals surface area contributed by atoms with Crippen molar-refractivity contribution in [1.29, 1.82) is 0 Å². The van der Waals surface area contributed by atoms with Crippen LogP contribution in [0, 0.1) is 0 Å². The minimum absolute atomic E-state index is 0.0903. The van der Waals surface area contributed by atoms with Gasteiger partial charge < -0.3 is 16.0 Å². The van der Waals surface area contributed by atoms with E-state index in [4.69, 9.17) is 11.5 Å². The van der Waals surface area contributed by atoms with Gasteiger partial charge in [0.15, 0.2) is 11.2 Å². The van der Waals surface area contributed by atoms with E-state index in [1.54, 1.807) is 0 Å². The van der Waals surface area contributed by atoms with Crippen LogP contribution in [0.3, 0.4) is 0 Å². The van der Waals surface area contributed by atoms with E-state index in [1.165, 1.54) is 29.6 Å². The maximum Gasteiger partial charge on any atom is 0.332 e. The van der Waals surface area contributed by atoms with Crippen LogP contribution in [0.1, 0.15) is 25.7 Å². The molecular weight excluding hydrogens is 434 g/mol. The van der Waals surface area contributed by atoms with Gasteiger partial charge in [0.2, 0.25) is 29.7 Å². The number of nitrogen functional groups attached to an aromatic ring is 1. The molecule has 15 nitrogen and oxygen atoms in total. The highest BCUT2D eigenvalue weighted by Crippen LogP contribution is 2.10. The zero-order valence-corrected chi connectivity index (χ0v) is 18.2. The standard InChI is InChI=1S/C18H25N11O4/c1-27-13-12(14(32)28(2)18(27)33)29(9-21-13)8-11(31)23-17-25-15(20)24-16(26-17)22-10(30)6-4-3-5-7-19/h9H,3-8,19H2,1-2H3,(H4,20,22,23,24,25,26,30,31). The Morgan fingerprint density at radius 1 is 0.970 bits per heavy atom. The van der Waals surface area contributed by atoms with Gasteiger partial charge in [0, 0.05) is 20.5 Å². The average molecular weight is 459 g/mol. The highest BCUT2D eigenvalue weighted by molar-refractivity contribution is 5.91. The first-order chi connectivity index (χ1) is 15.7. The number of rotatable bonds is 9. The fraction of sp³-hybridized carbons (Fsp3) is 0.444. The van der Waals surface area contributed by atoms with Gasteiger partial charge in [0.05, 0.1) is 6.33 Å². The van der Waals surface area contributed by atoms with E-state index in [-0.39, 0.29) is 47.9 Å². The number of aromatic nitrogens is 7. The number of hydrogen-bond acceptors (Lipinski definition) is 10. The lowest BCUT2D eigenvalue weighted by atomic mass is 10.2. The molecule has 2 amide bonds. The van der Waals surface area contributed by atoms with Crippen LogP contribution in [-0.4, -0.2) is 52.0 Å². The van der Waals surface area contributed by atoms with Crippen molar-refractivity contribution in [2.75, 3.05) is 22.9 Å². The molecule has 0 spiro atoms. The van der Waals surface area contributed by atoms with Crippen LogP contribution >= 0.6 is 0 Å². The van der Waals surface area contributed by atoms with Crippen LogP contribution in [0.2, 0.25) is 0 Å². The molecule has 0 fully saturated rings. The summed E-state index contributed by atoms with van der Waals surface area (Å²) in [4.78, 5) is 64.8. The lowest BCUT2D eigenvalue weighted by molar-refractivity contribution is -0.117. The second kappa shape index (κ2) is 9.99. The van der Waals surface area contributed by atoms with Gasteiger partial charge in [-0.05, 0) is 19.4 Å². The summed E-state index contributed by atoms with van der Waals surface area (Å²) in [5.74, 6) is -1.36. The minimum atomic E-state index is -0.588. The molecule has 0 saturated carbocycles. The van der Waals surface area contributed by atoms with Gasteiger partial charge in [-0.2, -0.15) is 15.0 Å². The average Bonchev–Trinajstić information content (AvgIpc) is 3.16. The number of carbonyl (C=O) groups is 2. The summed E-state index contributed by atoms with van der Waals surface area (Å²) in [6.45, 7) is 0.259. The monoisotopic (exact) mass is 459 g/mol. The maximum atomic E-state index is 12.5. The highest BCUT2D eigenvalue weighted by Gasteiger charge is 2.17. The van der Waals surface area contributed by atoms with Gasteiger partial charge in [-0.1, -0.05) is 6.42 Å². The summed E-state index contributed by atoms with van der Waals surface area (Å²) in [6, 6.07) is 0. The minimum Gasteiger partial charge on any atom is -0.368 e. The first-order valence-corrected chi connectivity index (χ1v) is 10.1. The number of nitrogens with one attached hydrogen (secondary N) is 2. The summed E-state index contributed by atoms with van der Waals surface area (Å²) in [6.07, 6.45) is 3.86. The van der Waals surface area contributed by atoms with E-state index in [0.717, 1.165) is 17.4 Å². The van der Waals surface area contributed by atoms with Gasteiger partial charge in [0.25, 0.3) is 5.56 Å². The molecule has 6 N–H and O–H groups in total. The fourth-order valence-electron chi connectivity index (χ4n) is 3.13. The summed E-state index contributed by atoms with van der Waals surface area (Å²) >= 11 is 0. The van der Waals surface area contributed by atoms with Crippen molar-refractivity contribution >= 4 is 40.8 Å². The normalized spacial score (nSPS) is 11.0. The number of carbonyl (C=O) groups excluding carboxylic acids is 2. The van der Waals surface area contributed by atoms with Crippen molar-refractivity contribution in [3.8, 4) is 0 Å². The number of amides is 2. The zero-order chi connectivity index (χ0) is 24.1. The molecular formula is C18H25N11O4. The molecule has 0 bridgehead atoms. The summed E-state index contributed by atoms with van der Waals surface area (Å²) in [7, 11) is 2.81. The van der Waals surface area contributed by atoms with Crippen molar-refractivity contribution in [1.82, 2.24) is 33.6 Å². The van der Waals surface area contributed by atoms with Crippen LogP contribution in [0.15, 0.2) is 15.9 Å². The van der Waals surface area contributed by atoms with Gasteiger partial charge in [0.1, 0.15) is 6.54 Å². The van der Waals surface area contributed by atoms with Crippen LogP contribution in [-0.2, 0) is 30.2 Å². The van der Waals surface area contributed by atoms with Gasteiger partial charge in [-0.15, -0.1) is 0 Å². The Hall–Kier alpha value is -4.14. The number of hydrogen-bond donors (Lipinski definition) is 4. The number of aryl methyl sites for hydroxylation is 1. The van der Waals surface area contributed by atoms with E-state index >= 15 is 0 Å². The predicted molar refractivity (Wildman–Crippen MR) is 119 cm³/mol. The number of imidazole rings is 1. The number of nitrogens with zero attached hydrogens (tertiary/aromatic N) is 7. The SMILES string of the molecule is Cn1c(=O)c2c(ncn2CC(=O)Nc2nc(N)nc(NC(=O)CCCCCN)n2)n(C)c1=O. The first-order valence-electron chi connectivity index (χ1n) is 10.1. The van der Waals surface area contributed by atoms with Crippen molar-refractivity contribution in [2.24, 2.45) is 19.8 Å². The lowest BCUT2D eigenvalue weighted by Crippen LogP contribution is -2.37. The first kappa shape index (κ1) is 23.5. The van der Waals surface area contributed by atoms with E-state index in [1.807, 2.05) is 0 Å². The molecule has 0 radical (unpaired) electrons. The predicted octanol–water partition coefficient (Wildman–Crippen LogP) is -1.70. The van der Waals surface area contributed by atoms with Crippen LogP contribution in [0.25, 0.3) is 11.2 Å². The van der Waals surface area contributed by atoms with Gasteiger partial charge in [-0.25, -0.2) is 9.78 Å². The van der Waals surface area contributed by atoms with E-state index < -0.39 is 17.2 Å². The molecule has 0 aliphatic heterocycles. The fourth-order valence-corrected chi connectivity index (χ4v) is 3.13. The number of unbranched alkanes of at least 4 members (excludes halogenated alkanes) is 2. The molecule has 3 heterocycles. The molecule has 0 aliphatic rings. The molecule has 176 valence electrons. The molecule has 0 atom stereocenters. The van der Waals surface area contributed by atoms with E-state index in [9.17, 15) is 19.2 Å². The Morgan fingerprint density at radius 3 is 2.30 bits per heavy atom. The van der Waals surface area contributed by atoms with E-state index in [2.05, 4.69) is 30.6 Å². The van der Waals surface area contributed by atoms with E-state index in [0.29, 0.717) is 13.0 Å². The summed E-state index contributed by atoms with van der Waals surface area (Å²) < 4.78 is 3.44. The van der Waals surface area contributed by atoms with Crippen LogP contribution < -0.4 is 33.3 Å². The van der Waals surface area contributed by atoms with Gasteiger partial charge in [-0.3, -0.25) is 34.2 Å². The van der Waals surface area contributed by atoms with Crippen LogP contribution in [0.4, 0.5) is 17.8 Å². The van der Waals surface area contributed by atoms with Gasteiger partial charge >= 0.3 is 5.69 Å². The summed E-state index contributed by atoms with van der Waals surface area (Å²) in [5, 5.41) is 4.96. The third kappa shape index (κ3) is 5.38. The molecule has 3 aromatic heterocycles. The number of fused-ring (bicyclic) bond motifs is 1. The molecule has 0 aromatic carbocycles. The second-order valence-electron chi connectivity index (χ2n) is 7.29. The largest absolute Gasteiger partial charge is 0.368 e. The van der Waals surface area contributed by atoms with Crippen molar-refractivity contribution in [3.05, 3.63) is 27.2 Å². The smallest absolute Gasteiger partial charge is 0.332 e. The molecule has 3 rings (SSSR count).